The first-order valence-electron chi connectivity index (χ1n) is 6.39. The number of hydrogen-bond acceptors (Lipinski definition) is 4. The van der Waals surface area contributed by atoms with E-state index < -0.39 is 12.0 Å². The quantitative estimate of drug-likeness (QED) is 0.832. The van der Waals surface area contributed by atoms with Gasteiger partial charge in [-0.1, -0.05) is 42.5 Å². The van der Waals surface area contributed by atoms with Crippen molar-refractivity contribution in [3.63, 3.8) is 0 Å². The fourth-order valence-electron chi connectivity index (χ4n) is 1.81. The molecule has 0 saturated heterocycles. The number of phenols is 1. The van der Waals surface area contributed by atoms with Crippen molar-refractivity contribution in [2.75, 3.05) is 0 Å². The van der Waals surface area contributed by atoms with E-state index in [0.717, 1.165) is 11.1 Å². The van der Waals surface area contributed by atoms with Crippen molar-refractivity contribution in [3.05, 3.63) is 65.7 Å². The maximum Gasteiger partial charge on any atom is 0.323 e. The molecule has 0 amide bonds. The third-order valence-corrected chi connectivity index (χ3v) is 2.92. The van der Waals surface area contributed by atoms with Gasteiger partial charge in [0.1, 0.15) is 18.4 Å². The van der Waals surface area contributed by atoms with Crippen LogP contribution in [0.5, 0.6) is 5.75 Å². The van der Waals surface area contributed by atoms with Crippen LogP contribution in [0.4, 0.5) is 0 Å². The minimum atomic E-state index is -0.705. The van der Waals surface area contributed by atoms with Gasteiger partial charge in [-0.2, -0.15) is 0 Å². The van der Waals surface area contributed by atoms with Gasteiger partial charge in [-0.15, -0.1) is 12.4 Å². The molecule has 0 fully saturated rings. The standard InChI is InChI=1S/C16H17NO3.ClH/c17-15(10-12-6-8-14(18)9-7-12)16(19)20-11-13-4-2-1-3-5-13;/h1-9,15,18H,10-11,17H2;1H/t15-;/m0./s1. The lowest BCUT2D eigenvalue weighted by Gasteiger charge is -2.11. The highest BCUT2D eigenvalue weighted by molar-refractivity contribution is 5.85. The number of nitrogens with two attached hydrogens (primary N) is 1. The summed E-state index contributed by atoms with van der Waals surface area (Å²) in [6.45, 7) is 0.225. The second-order valence-electron chi connectivity index (χ2n) is 4.57. The molecule has 0 aliphatic rings. The largest absolute Gasteiger partial charge is 0.508 e. The molecule has 0 aliphatic carbocycles. The predicted molar refractivity (Wildman–Crippen MR) is 83.3 cm³/mol. The molecule has 0 bridgehead atoms. The Morgan fingerprint density at radius 1 is 1.05 bits per heavy atom. The second-order valence-corrected chi connectivity index (χ2v) is 4.57. The van der Waals surface area contributed by atoms with Crippen LogP contribution in [0.1, 0.15) is 11.1 Å². The first kappa shape index (κ1) is 17.0. The summed E-state index contributed by atoms with van der Waals surface area (Å²) < 4.78 is 5.17. The number of esters is 1. The van der Waals surface area contributed by atoms with E-state index in [9.17, 15) is 9.90 Å². The molecular weight excluding hydrogens is 290 g/mol. The molecule has 0 aliphatic heterocycles. The second kappa shape index (κ2) is 8.29. The van der Waals surface area contributed by atoms with Gasteiger partial charge in [-0.3, -0.25) is 4.79 Å². The van der Waals surface area contributed by atoms with E-state index in [1.165, 1.54) is 0 Å². The van der Waals surface area contributed by atoms with Gasteiger partial charge in [0.05, 0.1) is 0 Å². The summed E-state index contributed by atoms with van der Waals surface area (Å²) in [6.07, 6.45) is 0.383. The third kappa shape index (κ3) is 5.45. The average Bonchev–Trinajstić information content (AvgIpc) is 2.48. The van der Waals surface area contributed by atoms with Gasteiger partial charge in [0.25, 0.3) is 0 Å². The minimum absolute atomic E-state index is 0. The smallest absolute Gasteiger partial charge is 0.323 e. The molecule has 4 nitrogen and oxygen atoms in total. The molecule has 5 heteroatoms. The van der Waals surface area contributed by atoms with E-state index in [4.69, 9.17) is 10.5 Å². The summed E-state index contributed by atoms with van der Waals surface area (Å²) in [6, 6.07) is 15.4. The van der Waals surface area contributed by atoms with Crippen molar-refractivity contribution in [1.82, 2.24) is 0 Å². The zero-order chi connectivity index (χ0) is 14.4. The van der Waals surface area contributed by atoms with Gasteiger partial charge >= 0.3 is 5.97 Å². The molecule has 0 saturated carbocycles. The highest BCUT2D eigenvalue weighted by atomic mass is 35.5. The van der Waals surface area contributed by atoms with Crippen molar-refractivity contribution in [3.8, 4) is 5.75 Å². The number of phenolic OH excluding ortho intramolecular Hbond substituents is 1. The average molecular weight is 308 g/mol. The molecule has 2 aromatic rings. The molecule has 0 heterocycles. The van der Waals surface area contributed by atoms with Crippen LogP contribution in [0.25, 0.3) is 0 Å². The number of carbonyl (C=O) groups is 1. The number of aromatic hydroxyl groups is 1. The van der Waals surface area contributed by atoms with Gasteiger partial charge < -0.3 is 15.6 Å². The molecular formula is C16H18ClNO3. The summed E-state index contributed by atoms with van der Waals surface area (Å²) in [4.78, 5) is 11.8. The molecule has 0 unspecified atom stereocenters. The molecule has 112 valence electrons. The third-order valence-electron chi connectivity index (χ3n) is 2.92. The van der Waals surface area contributed by atoms with Gasteiger partial charge in [0.2, 0.25) is 0 Å². The van der Waals surface area contributed by atoms with Gasteiger partial charge in [-0.25, -0.2) is 0 Å². The summed E-state index contributed by atoms with van der Waals surface area (Å²) in [5.41, 5.74) is 7.62. The number of rotatable bonds is 5. The maximum absolute atomic E-state index is 11.8. The van der Waals surface area contributed by atoms with E-state index in [1.54, 1.807) is 24.3 Å². The van der Waals surface area contributed by atoms with Crippen molar-refractivity contribution >= 4 is 18.4 Å². The lowest BCUT2D eigenvalue weighted by molar-refractivity contribution is -0.146. The van der Waals surface area contributed by atoms with Crippen LogP contribution in [-0.2, 0) is 22.6 Å². The van der Waals surface area contributed by atoms with E-state index >= 15 is 0 Å². The highest BCUT2D eigenvalue weighted by Crippen LogP contribution is 2.11. The summed E-state index contributed by atoms with van der Waals surface area (Å²) in [7, 11) is 0. The first-order valence-corrected chi connectivity index (χ1v) is 6.39. The normalized spacial score (nSPS) is 11.3. The topological polar surface area (TPSA) is 72.5 Å². The Morgan fingerprint density at radius 3 is 2.29 bits per heavy atom. The number of ether oxygens (including phenoxy) is 1. The molecule has 2 rings (SSSR count). The summed E-state index contributed by atoms with van der Waals surface area (Å²) in [5, 5.41) is 9.19. The number of halogens is 1. The maximum atomic E-state index is 11.8. The van der Waals surface area contributed by atoms with Crippen LogP contribution in [0.15, 0.2) is 54.6 Å². The number of hydrogen-bond donors (Lipinski definition) is 2. The molecule has 0 spiro atoms. The Bertz CT molecular complexity index is 557. The first-order chi connectivity index (χ1) is 9.65. The van der Waals surface area contributed by atoms with Crippen molar-refractivity contribution < 1.29 is 14.6 Å². The lowest BCUT2D eigenvalue weighted by Crippen LogP contribution is -2.34. The van der Waals surface area contributed by atoms with E-state index in [-0.39, 0.29) is 24.8 Å². The van der Waals surface area contributed by atoms with E-state index in [1.807, 2.05) is 30.3 Å². The van der Waals surface area contributed by atoms with Gasteiger partial charge in [-0.05, 0) is 29.7 Å². The van der Waals surface area contributed by atoms with E-state index in [2.05, 4.69) is 0 Å². The Balaban J connectivity index is 0.00000220. The van der Waals surface area contributed by atoms with Crippen LogP contribution in [0.2, 0.25) is 0 Å². The molecule has 2 aromatic carbocycles. The van der Waals surface area contributed by atoms with Crippen LogP contribution >= 0.6 is 12.4 Å². The van der Waals surface area contributed by atoms with Crippen LogP contribution in [-0.4, -0.2) is 17.1 Å². The van der Waals surface area contributed by atoms with Crippen LogP contribution in [0, 0.1) is 0 Å². The number of benzene rings is 2. The Kier molecular flexibility index (Phi) is 6.72. The van der Waals surface area contributed by atoms with Crippen LogP contribution < -0.4 is 5.73 Å². The predicted octanol–water partition coefficient (Wildman–Crippen LogP) is 2.43. The Hall–Kier alpha value is -2.04. The van der Waals surface area contributed by atoms with Gasteiger partial charge in [0, 0.05) is 0 Å². The van der Waals surface area contributed by atoms with Crippen molar-refractivity contribution in [1.29, 1.82) is 0 Å². The molecule has 0 aromatic heterocycles. The molecule has 3 N–H and O–H groups in total. The fraction of sp³-hybridized carbons (Fsp3) is 0.188. The Labute approximate surface area is 130 Å². The molecule has 0 radical (unpaired) electrons. The molecule has 1 atom stereocenters. The molecule has 21 heavy (non-hydrogen) atoms. The van der Waals surface area contributed by atoms with Crippen molar-refractivity contribution in [2.24, 2.45) is 5.73 Å². The fourth-order valence-corrected chi connectivity index (χ4v) is 1.81. The zero-order valence-corrected chi connectivity index (χ0v) is 12.3. The highest BCUT2D eigenvalue weighted by Gasteiger charge is 2.15. The summed E-state index contributed by atoms with van der Waals surface area (Å²) >= 11 is 0. The van der Waals surface area contributed by atoms with E-state index in [0.29, 0.717) is 6.42 Å². The monoisotopic (exact) mass is 307 g/mol. The Morgan fingerprint density at radius 2 is 1.67 bits per heavy atom. The number of carbonyl (C=O) groups excluding carboxylic acids is 1. The SMILES string of the molecule is Cl.N[C@@H](Cc1ccc(O)cc1)C(=O)OCc1ccccc1. The van der Waals surface area contributed by atoms with Crippen LogP contribution in [0.3, 0.4) is 0 Å². The summed E-state index contributed by atoms with van der Waals surface area (Å²) in [5.74, 6) is -0.240. The van der Waals surface area contributed by atoms with Crippen molar-refractivity contribution in [2.45, 2.75) is 19.1 Å². The van der Waals surface area contributed by atoms with Gasteiger partial charge in [0.15, 0.2) is 0 Å². The minimum Gasteiger partial charge on any atom is -0.508 e. The zero-order valence-electron chi connectivity index (χ0n) is 11.4. The lowest BCUT2D eigenvalue weighted by atomic mass is 10.1.